The summed E-state index contributed by atoms with van der Waals surface area (Å²) in [4.78, 5) is 7.61. The van der Waals surface area contributed by atoms with E-state index in [1.165, 1.54) is 35.9 Å². The van der Waals surface area contributed by atoms with Crippen molar-refractivity contribution in [2.24, 2.45) is 0 Å². The van der Waals surface area contributed by atoms with Gasteiger partial charge in [-0.15, -0.1) is 0 Å². The molecule has 0 bridgehead atoms. The number of fused-ring (bicyclic) bond motifs is 1. The predicted molar refractivity (Wildman–Crippen MR) is 72.1 cm³/mol. The Kier molecular flexibility index (Phi) is 2.59. The molecule has 3 heteroatoms. The summed E-state index contributed by atoms with van der Waals surface area (Å²) in [5.74, 6) is 0. The van der Waals surface area contributed by atoms with Gasteiger partial charge in [-0.2, -0.15) is 0 Å². The molecule has 3 rings (SSSR count). The van der Waals surface area contributed by atoms with E-state index in [9.17, 15) is 0 Å². The van der Waals surface area contributed by atoms with Gasteiger partial charge in [0.15, 0.2) is 0 Å². The number of hydrogen-bond donors (Lipinski definition) is 2. The molecule has 0 saturated heterocycles. The minimum absolute atomic E-state index is 0.931. The zero-order chi connectivity index (χ0) is 11.7. The van der Waals surface area contributed by atoms with Gasteiger partial charge in [0.2, 0.25) is 0 Å². The van der Waals surface area contributed by atoms with Crippen LogP contribution >= 0.6 is 0 Å². The molecule has 1 aliphatic carbocycles. The maximum absolute atomic E-state index is 4.46. The maximum atomic E-state index is 4.46. The van der Waals surface area contributed by atoms with Crippen LogP contribution in [0.5, 0.6) is 0 Å². The minimum Gasteiger partial charge on any atom is -0.384 e. The molecule has 0 radical (unpaired) electrons. The fourth-order valence-corrected chi connectivity index (χ4v) is 2.25. The van der Waals surface area contributed by atoms with Gasteiger partial charge in [-0.3, -0.25) is 0 Å². The number of aromatic amines is 1. The lowest BCUT2D eigenvalue weighted by atomic mass is 9.90. The fraction of sp³-hybridized carbons (Fsp3) is 0.357. The number of aromatic nitrogens is 2. The number of rotatable bonds is 3. The van der Waals surface area contributed by atoms with E-state index >= 15 is 0 Å². The Morgan fingerprint density at radius 2 is 2.35 bits per heavy atom. The van der Waals surface area contributed by atoms with E-state index < -0.39 is 0 Å². The van der Waals surface area contributed by atoms with Gasteiger partial charge in [-0.25, -0.2) is 4.98 Å². The second-order valence-electron chi connectivity index (χ2n) is 4.51. The largest absolute Gasteiger partial charge is 0.384 e. The predicted octanol–water partition coefficient (Wildman–Crippen LogP) is 3.56. The molecule has 3 nitrogen and oxygen atoms in total. The smallest absolute Gasteiger partial charge is 0.139 e. The summed E-state index contributed by atoms with van der Waals surface area (Å²) in [6.45, 7) is 3.06. The van der Waals surface area contributed by atoms with Crippen LogP contribution in [0.15, 0.2) is 24.0 Å². The van der Waals surface area contributed by atoms with Gasteiger partial charge in [0, 0.05) is 29.9 Å². The first-order valence-electron chi connectivity index (χ1n) is 6.28. The van der Waals surface area contributed by atoms with Crippen molar-refractivity contribution >= 4 is 22.8 Å². The van der Waals surface area contributed by atoms with Crippen LogP contribution in [0.25, 0.3) is 17.1 Å². The van der Waals surface area contributed by atoms with Crippen LogP contribution in [0.4, 0.5) is 5.69 Å². The number of H-pyrrole nitrogens is 1. The van der Waals surface area contributed by atoms with E-state index in [0.29, 0.717) is 0 Å². The van der Waals surface area contributed by atoms with Crippen LogP contribution in [0.3, 0.4) is 0 Å². The molecule has 0 spiro atoms. The van der Waals surface area contributed by atoms with E-state index in [4.69, 9.17) is 0 Å². The van der Waals surface area contributed by atoms with Crippen LogP contribution in [0.1, 0.15) is 31.7 Å². The lowest BCUT2D eigenvalue weighted by Crippen LogP contribution is -2.02. The van der Waals surface area contributed by atoms with Gasteiger partial charge >= 0.3 is 0 Å². The molecule has 0 unspecified atom stereocenters. The highest BCUT2D eigenvalue weighted by molar-refractivity contribution is 5.94. The molecule has 2 aromatic rings. The molecule has 1 saturated carbocycles. The van der Waals surface area contributed by atoms with Crippen LogP contribution in [0, 0.1) is 0 Å². The van der Waals surface area contributed by atoms with Crippen molar-refractivity contribution in [3.63, 3.8) is 0 Å². The molecule has 0 amide bonds. The number of allylic oxidation sites excluding steroid dienone is 1. The van der Waals surface area contributed by atoms with Crippen molar-refractivity contribution in [3.05, 3.63) is 29.6 Å². The van der Waals surface area contributed by atoms with Gasteiger partial charge in [-0.1, -0.05) is 11.6 Å². The molecule has 88 valence electrons. The van der Waals surface area contributed by atoms with Crippen LogP contribution < -0.4 is 5.32 Å². The normalized spacial score (nSPS) is 14.8. The van der Waals surface area contributed by atoms with Crippen molar-refractivity contribution in [2.45, 2.75) is 26.2 Å². The molecule has 1 aliphatic rings. The highest BCUT2D eigenvalue weighted by Gasteiger charge is 2.11. The number of anilines is 1. The van der Waals surface area contributed by atoms with Crippen LogP contribution in [-0.4, -0.2) is 16.5 Å². The third-order valence-electron chi connectivity index (χ3n) is 3.32. The highest BCUT2D eigenvalue weighted by Crippen LogP contribution is 2.32. The molecule has 2 N–H and O–H groups in total. The monoisotopic (exact) mass is 227 g/mol. The Balaban J connectivity index is 2.11. The fourth-order valence-electron chi connectivity index (χ4n) is 2.25. The molecule has 1 fully saturated rings. The summed E-state index contributed by atoms with van der Waals surface area (Å²) in [7, 11) is 0. The van der Waals surface area contributed by atoms with Crippen molar-refractivity contribution in [2.75, 3.05) is 11.9 Å². The van der Waals surface area contributed by atoms with Gasteiger partial charge < -0.3 is 10.3 Å². The molecule has 17 heavy (non-hydrogen) atoms. The summed E-state index contributed by atoms with van der Waals surface area (Å²) >= 11 is 0. The summed E-state index contributed by atoms with van der Waals surface area (Å²) < 4.78 is 0. The second kappa shape index (κ2) is 4.24. The van der Waals surface area contributed by atoms with Gasteiger partial charge in [0.25, 0.3) is 0 Å². The van der Waals surface area contributed by atoms with Crippen molar-refractivity contribution in [3.8, 4) is 0 Å². The van der Waals surface area contributed by atoms with E-state index in [2.05, 4.69) is 34.4 Å². The molecular weight excluding hydrogens is 210 g/mol. The lowest BCUT2D eigenvalue weighted by Gasteiger charge is -2.17. The number of hydrogen-bond acceptors (Lipinski definition) is 2. The van der Waals surface area contributed by atoms with Gasteiger partial charge in [-0.05, 0) is 32.3 Å². The minimum atomic E-state index is 0.931. The lowest BCUT2D eigenvalue weighted by molar-refractivity contribution is 0.670. The maximum Gasteiger partial charge on any atom is 0.139 e. The highest BCUT2D eigenvalue weighted by atomic mass is 14.9. The molecule has 0 atom stereocenters. The molecule has 0 aliphatic heterocycles. The molecule has 0 aromatic carbocycles. The summed E-state index contributed by atoms with van der Waals surface area (Å²) in [5.41, 5.74) is 4.92. The second-order valence-corrected chi connectivity index (χ2v) is 4.51. The van der Waals surface area contributed by atoms with Gasteiger partial charge in [0.05, 0.1) is 5.69 Å². The zero-order valence-corrected chi connectivity index (χ0v) is 10.1. The van der Waals surface area contributed by atoms with Crippen molar-refractivity contribution in [1.82, 2.24) is 9.97 Å². The average Bonchev–Trinajstić information content (AvgIpc) is 2.74. The van der Waals surface area contributed by atoms with Gasteiger partial charge in [0.1, 0.15) is 5.65 Å². The Hall–Kier alpha value is -1.77. The van der Waals surface area contributed by atoms with Crippen molar-refractivity contribution < 1.29 is 0 Å². The topological polar surface area (TPSA) is 40.7 Å². The third kappa shape index (κ3) is 1.82. The van der Waals surface area contributed by atoms with E-state index in [1.807, 2.05) is 12.4 Å². The van der Waals surface area contributed by atoms with E-state index in [0.717, 1.165) is 12.2 Å². The first-order valence-corrected chi connectivity index (χ1v) is 6.28. The third-order valence-corrected chi connectivity index (χ3v) is 3.32. The zero-order valence-electron chi connectivity index (χ0n) is 10.1. The standard InChI is InChI=1S/C14H17N3/c1-2-15-13-11(8-10-4-3-5-10)9-17-14-12(13)6-7-16-14/h6-9H,2-5H2,1H3,(H2,15,16,17). The molecule has 2 aromatic heterocycles. The number of nitrogens with one attached hydrogen (secondary N) is 2. The Morgan fingerprint density at radius 1 is 1.47 bits per heavy atom. The Morgan fingerprint density at radius 3 is 3.06 bits per heavy atom. The van der Waals surface area contributed by atoms with E-state index in [1.54, 1.807) is 5.57 Å². The quantitative estimate of drug-likeness (QED) is 0.841. The Labute approximate surface area is 101 Å². The average molecular weight is 227 g/mol. The number of nitrogens with zero attached hydrogens (tertiary/aromatic N) is 1. The summed E-state index contributed by atoms with van der Waals surface area (Å²) in [6.07, 6.45) is 10.0. The first kappa shape index (κ1) is 10.4. The van der Waals surface area contributed by atoms with Crippen molar-refractivity contribution in [1.29, 1.82) is 0 Å². The Bertz CT molecular complexity index is 560. The summed E-state index contributed by atoms with van der Waals surface area (Å²) in [5, 5.41) is 4.64. The first-order chi connectivity index (χ1) is 8.38. The SMILES string of the molecule is CCNc1c(C=C2CCC2)cnc2[nH]ccc12. The molecule has 2 heterocycles. The molecular formula is C14H17N3. The number of pyridine rings is 1. The van der Waals surface area contributed by atoms with Crippen LogP contribution in [0.2, 0.25) is 0 Å². The summed E-state index contributed by atoms with van der Waals surface area (Å²) in [6, 6.07) is 2.09. The van der Waals surface area contributed by atoms with E-state index in [-0.39, 0.29) is 0 Å². The van der Waals surface area contributed by atoms with Crippen LogP contribution in [-0.2, 0) is 0 Å².